The fraction of sp³-hybridized carbons (Fsp3) is 0.538. The predicted molar refractivity (Wildman–Crippen MR) is 73.9 cm³/mol. The number of nitrogens with zero attached hydrogens (tertiary/aromatic N) is 4. The van der Waals surface area contributed by atoms with Crippen molar-refractivity contribution < 1.29 is 9.53 Å². The first-order chi connectivity index (χ1) is 9.69. The predicted octanol–water partition coefficient (Wildman–Crippen LogP) is 2.15. The Morgan fingerprint density at radius 1 is 1.55 bits per heavy atom. The van der Waals surface area contributed by atoms with Crippen LogP contribution < -0.4 is 0 Å². The van der Waals surface area contributed by atoms with E-state index in [2.05, 4.69) is 15.3 Å². The summed E-state index contributed by atoms with van der Waals surface area (Å²) in [7, 11) is 0. The van der Waals surface area contributed by atoms with Crippen molar-refractivity contribution in [3.63, 3.8) is 0 Å². The van der Waals surface area contributed by atoms with Gasteiger partial charge in [0.05, 0.1) is 29.5 Å². The van der Waals surface area contributed by atoms with Gasteiger partial charge in [0.1, 0.15) is 0 Å². The molecule has 6 nitrogen and oxygen atoms in total. The lowest BCUT2D eigenvalue weighted by molar-refractivity contribution is 0.0518. The van der Waals surface area contributed by atoms with E-state index in [1.807, 2.05) is 12.3 Å². The Morgan fingerprint density at radius 3 is 2.95 bits per heavy atom. The Balaban J connectivity index is 1.89. The van der Waals surface area contributed by atoms with E-state index in [1.165, 1.54) is 0 Å². The van der Waals surface area contributed by atoms with Gasteiger partial charge in [-0.15, -0.1) is 16.4 Å². The molecule has 2 aromatic rings. The Bertz CT molecular complexity index is 630. The molecule has 0 atom stereocenters. The molecule has 0 amide bonds. The molecule has 3 rings (SSSR count). The summed E-state index contributed by atoms with van der Waals surface area (Å²) >= 11 is 1.61. The summed E-state index contributed by atoms with van der Waals surface area (Å²) in [5.41, 5.74) is 2.21. The molecule has 1 saturated carbocycles. The monoisotopic (exact) mass is 292 g/mol. The normalized spacial score (nSPS) is 14.5. The first-order valence-electron chi connectivity index (χ1n) is 6.70. The third-order valence-electron chi connectivity index (χ3n) is 3.18. The zero-order valence-electron chi connectivity index (χ0n) is 11.5. The fourth-order valence-electron chi connectivity index (χ4n) is 2.18. The highest BCUT2D eigenvalue weighted by molar-refractivity contribution is 7.09. The standard InChI is InChI=1S/C13H16N4O2S/c1-3-19-13(18)11-12(9-4-5-9)17(16-15-11)6-10-7-20-8(2)14-10/h7,9H,3-6H2,1-2H3. The summed E-state index contributed by atoms with van der Waals surface area (Å²) in [4.78, 5) is 16.3. The molecule has 0 N–H and O–H groups in total. The Hall–Kier alpha value is -1.76. The molecule has 2 heterocycles. The molecule has 0 aliphatic heterocycles. The lowest BCUT2D eigenvalue weighted by Crippen LogP contribution is -2.11. The zero-order chi connectivity index (χ0) is 14.1. The van der Waals surface area contributed by atoms with Crippen LogP contribution in [0.15, 0.2) is 5.38 Å². The molecule has 106 valence electrons. The molecule has 0 spiro atoms. The van der Waals surface area contributed by atoms with Crippen molar-refractivity contribution >= 4 is 17.3 Å². The summed E-state index contributed by atoms with van der Waals surface area (Å²) < 4.78 is 6.84. The topological polar surface area (TPSA) is 69.9 Å². The van der Waals surface area contributed by atoms with E-state index in [-0.39, 0.29) is 5.97 Å². The number of rotatable bonds is 5. The molecular weight excluding hydrogens is 276 g/mol. The maximum absolute atomic E-state index is 11.9. The lowest BCUT2D eigenvalue weighted by Gasteiger charge is -2.05. The molecule has 0 unspecified atom stereocenters. The lowest BCUT2D eigenvalue weighted by atomic mass is 10.2. The summed E-state index contributed by atoms with van der Waals surface area (Å²) in [5, 5.41) is 11.2. The van der Waals surface area contributed by atoms with E-state index in [4.69, 9.17) is 4.74 Å². The van der Waals surface area contributed by atoms with Gasteiger partial charge in [-0.1, -0.05) is 5.21 Å². The third-order valence-corrected chi connectivity index (χ3v) is 4.01. The molecule has 20 heavy (non-hydrogen) atoms. The molecule has 1 aliphatic carbocycles. The van der Waals surface area contributed by atoms with Crippen molar-refractivity contribution in [1.29, 1.82) is 0 Å². The first kappa shape index (κ1) is 13.2. The van der Waals surface area contributed by atoms with Gasteiger partial charge in [-0.3, -0.25) is 0 Å². The molecule has 2 aromatic heterocycles. The van der Waals surface area contributed by atoms with Crippen LogP contribution >= 0.6 is 11.3 Å². The number of thiazole rings is 1. The van der Waals surface area contributed by atoms with Gasteiger partial charge in [-0.2, -0.15) is 0 Å². The van der Waals surface area contributed by atoms with Crippen LogP contribution in [0.3, 0.4) is 0 Å². The number of aromatic nitrogens is 4. The maximum Gasteiger partial charge on any atom is 0.360 e. The van der Waals surface area contributed by atoms with Crippen LogP contribution in [0, 0.1) is 6.92 Å². The minimum Gasteiger partial charge on any atom is -0.461 e. The van der Waals surface area contributed by atoms with E-state index < -0.39 is 0 Å². The van der Waals surface area contributed by atoms with Crippen molar-refractivity contribution in [3.8, 4) is 0 Å². The second kappa shape index (κ2) is 5.32. The Morgan fingerprint density at radius 2 is 2.35 bits per heavy atom. The van der Waals surface area contributed by atoms with Crippen molar-refractivity contribution in [2.75, 3.05) is 6.61 Å². The smallest absolute Gasteiger partial charge is 0.360 e. The van der Waals surface area contributed by atoms with Crippen molar-refractivity contribution in [3.05, 3.63) is 27.5 Å². The van der Waals surface area contributed by atoms with Gasteiger partial charge >= 0.3 is 5.97 Å². The summed E-state index contributed by atoms with van der Waals surface area (Å²) in [6.07, 6.45) is 2.16. The van der Waals surface area contributed by atoms with Gasteiger partial charge in [0.2, 0.25) is 0 Å². The number of esters is 1. The Labute approximate surface area is 120 Å². The maximum atomic E-state index is 11.9. The molecule has 0 aromatic carbocycles. The van der Waals surface area contributed by atoms with Crippen LogP contribution in [-0.2, 0) is 11.3 Å². The number of hydrogen-bond donors (Lipinski definition) is 0. The van der Waals surface area contributed by atoms with E-state index in [9.17, 15) is 4.79 Å². The molecule has 1 fully saturated rings. The number of carbonyl (C=O) groups is 1. The number of ether oxygens (including phenoxy) is 1. The second-order valence-corrected chi connectivity index (χ2v) is 5.90. The van der Waals surface area contributed by atoms with E-state index >= 15 is 0 Å². The van der Waals surface area contributed by atoms with E-state index in [0.717, 1.165) is 29.2 Å². The van der Waals surface area contributed by atoms with Gasteiger partial charge in [-0.05, 0) is 26.7 Å². The molecular formula is C13H16N4O2S. The second-order valence-electron chi connectivity index (χ2n) is 4.83. The fourth-order valence-corrected chi connectivity index (χ4v) is 2.78. The third kappa shape index (κ3) is 2.58. The van der Waals surface area contributed by atoms with Crippen LogP contribution in [-0.4, -0.2) is 32.6 Å². The Kier molecular flexibility index (Phi) is 3.52. The van der Waals surface area contributed by atoms with Crippen LogP contribution in [0.2, 0.25) is 0 Å². The average Bonchev–Trinajstić information content (AvgIpc) is 3.05. The number of hydrogen-bond acceptors (Lipinski definition) is 6. The number of aryl methyl sites for hydroxylation is 1. The van der Waals surface area contributed by atoms with Gasteiger partial charge in [0.25, 0.3) is 0 Å². The first-order valence-corrected chi connectivity index (χ1v) is 7.58. The van der Waals surface area contributed by atoms with Crippen LogP contribution in [0.5, 0.6) is 0 Å². The SMILES string of the molecule is CCOC(=O)c1nnn(Cc2csc(C)n2)c1C1CC1. The van der Waals surface area contributed by atoms with Crippen molar-refractivity contribution in [1.82, 2.24) is 20.0 Å². The highest BCUT2D eigenvalue weighted by Crippen LogP contribution is 2.41. The number of carbonyl (C=O) groups excluding carboxylic acids is 1. The minimum absolute atomic E-state index is 0.348. The van der Waals surface area contributed by atoms with Crippen LogP contribution in [0.1, 0.15) is 52.6 Å². The summed E-state index contributed by atoms with van der Waals surface area (Å²) in [6, 6.07) is 0. The molecule has 0 bridgehead atoms. The highest BCUT2D eigenvalue weighted by atomic mass is 32.1. The van der Waals surface area contributed by atoms with E-state index in [1.54, 1.807) is 22.9 Å². The summed E-state index contributed by atoms with van der Waals surface area (Å²) in [6.45, 7) is 4.67. The van der Waals surface area contributed by atoms with Crippen molar-refractivity contribution in [2.24, 2.45) is 0 Å². The van der Waals surface area contributed by atoms with Gasteiger partial charge < -0.3 is 4.74 Å². The zero-order valence-corrected chi connectivity index (χ0v) is 12.3. The average molecular weight is 292 g/mol. The van der Waals surface area contributed by atoms with Gasteiger partial charge in [0, 0.05) is 11.3 Å². The molecule has 0 radical (unpaired) electrons. The molecule has 0 saturated heterocycles. The van der Waals surface area contributed by atoms with Crippen LogP contribution in [0.4, 0.5) is 0 Å². The van der Waals surface area contributed by atoms with Gasteiger partial charge in [-0.25, -0.2) is 14.5 Å². The van der Waals surface area contributed by atoms with E-state index in [0.29, 0.717) is 24.8 Å². The minimum atomic E-state index is -0.380. The summed E-state index contributed by atoms with van der Waals surface area (Å²) in [5.74, 6) is -0.000697. The van der Waals surface area contributed by atoms with Gasteiger partial charge in [0.15, 0.2) is 5.69 Å². The van der Waals surface area contributed by atoms with Crippen molar-refractivity contribution in [2.45, 2.75) is 39.2 Å². The largest absolute Gasteiger partial charge is 0.461 e. The quantitative estimate of drug-likeness (QED) is 0.790. The molecule has 7 heteroatoms. The molecule has 1 aliphatic rings. The highest BCUT2D eigenvalue weighted by Gasteiger charge is 2.34. The van der Waals surface area contributed by atoms with Crippen LogP contribution in [0.25, 0.3) is 0 Å².